The van der Waals surface area contributed by atoms with Crippen molar-refractivity contribution in [3.05, 3.63) is 81.7 Å². The Morgan fingerprint density at radius 2 is 1.80 bits per heavy atom. The summed E-state index contributed by atoms with van der Waals surface area (Å²) in [4.78, 5) is 46.7. The van der Waals surface area contributed by atoms with Crippen LogP contribution >= 0.6 is 0 Å². The van der Waals surface area contributed by atoms with Gasteiger partial charge in [0.2, 0.25) is 11.5 Å². The fourth-order valence-electron chi connectivity index (χ4n) is 2.74. The number of methoxy groups -OCH3 is 1. The zero-order valence-corrected chi connectivity index (χ0v) is 15.7. The summed E-state index contributed by atoms with van der Waals surface area (Å²) in [7, 11) is 1.11. The number of carbonyl (C=O) groups is 3. The SMILES string of the molecule is COC(=O)c1nn(-c2ccccc2[N+](=O)[O-])c(C(=O)C=O)c1OCc1ccccc1. The normalized spacial score (nSPS) is 10.3. The highest BCUT2D eigenvalue weighted by atomic mass is 16.6. The van der Waals surface area contributed by atoms with Gasteiger partial charge in [0, 0.05) is 6.07 Å². The number of esters is 1. The number of nitro benzene ring substituents is 1. The number of para-hydroxylation sites is 2. The van der Waals surface area contributed by atoms with Crippen LogP contribution in [0.4, 0.5) is 5.69 Å². The zero-order valence-electron chi connectivity index (χ0n) is 15.7. The molecular formula is C20H15N3O7. The van der Waals surface area contributed by atoms with E-state index in [-0.39, 0.29) is 30.0 Å². The number of Topliss-reactive ketones (excluding diaryl/α,β-unsaturated/α-hetero) is 1. The number of aromatic nitrogens is 2. The van der Waals surface area contributed by atoms with Crippen molar-refractivity contribution < 1.29 is 28.8 Å². The molecule has 0 atom stereocenters. The number of ether oxygens (including phenoxy) is 2. The van der Waals surface area contributed by atoms with E-state index in [2.05, 4.69) is 5.10 Å². The molecule has 0 N–H and O–H groups in total. The van der Waals surface area contributed by atoms with E-state index in [1.165, 1.54) is 24.3 Å². The van der Waals surface area contributed by atoms with Crippen LogP contribution in [-0.4, -0.2) is 39.9 Å². The van der Waals surface area contributed by atoms with Crippen molar-refractivity contribution in [2.24, 2.45) is 0 Å². The Labute approximate surface area is 169 Å². The third-order valence-electron chi connectivity index (χ3n) is 4.09. The summed E-state index contributed by atoms with van der Waals surface area (Å²) in [5.74, 6) is -2.31. The van der Waals surface area contributed by atoms with E-state index >= 15 is 0 Å². The van der Waals surface area contributed by atoms with Gasteiger partial charge in [0.15, 0.2) is 17.7 Å². The molecule has 30 heavy (non-hydrogen) atoms. The molecule has 0 spiro atoms. The first-order valence-electron chi connectivity index (χ1n) is 8.59. The Morgan fingerprint density at radius 1 is 1.13 bits per heavy atom. The Balaban J connectivity index is 2.22. The number of aldehydes is 1. The summed E-state index contributed by atoms with van der Waals surface area (Å²) in [5.41, 5.74) is -0.595. The molecule has 0 aliphatic carbocycles. The maximum absolute atomic E-state index is 12.4. The Bertz CT molecular complexity index is 1120. The van der Waals surface area contributed by atoms with Crippen LogP contribution in [0, 0.1) is 10.1 Å². The molecule has 1 aromatic heterocycles. The fourth-order valence-corrected chi connectivity index (χ4v) is 2.74. The Kier molecular flexibility index (Phi) is 5.97. The number of ketones is 1. The van der Waals surface area contributed by atoms with Crippen molar-refractivity contribution in [2.75, 3.05) is 7.11 Å². The second kappa shape index (κ2) is 8.78. The van der Waals surface area contributed by atoms with Crippen molar-refractivity contribution in [1.29, 1.82) is 0 Å². The quantitative estimate of drug-likeness (QED) is 0.138. The second-order valence-electron chi connectivity index (χ2n) is 5.93. The van der Waals surface area contributed by atoms with Crippen molar-refractivity contribution in [3.8, 4) is 11.4 Å². The minimum Gasteiger partial charge on any atom is -0.484 e. The molecule has 0 unspecified atom stereocenters. The van der Waals surface area contributed by atoms with Gasteiger partial charge in [-0.1, -0.05) is 42.5 Å². The summed E-state index contributed by atoms with van der Waals surface area (Å²) < 4.78 is 11.2. The van der Waals surface area contributed by atoms with Gasteiger partial charge in [0.05, 0.1) is 12.0 Å². The van der Waals surface area contributed by atoms with Crippen molar-refractivity contribution >= 4 is 23.7 Å². The van der Waals surface area contributed by atoms with E-state index in [1.807, 2.05) is 0 Å². The molecule has 0 aliphatic rings. The van der Waals surface area contributed by atoms with E-state index in [9.17, 15) is 24.5 Å². The number of benzene rings is 2. The van der Waals surface area contributed by atoms with E-state index in [0.717, 1.165) is 17.4 Å². The fraction of sp³-hybridized carbons (Fsp3) is 0.100. The lowest BCUT2D eigenvalue weighted by Crippen LogP contribution is -2.12. The molecule has 152 valence electrons. The largest absolute Gasteiger partial charge is 0.484 e. The Morgan fingerprint density at radius 3 is 2.43 bits per heavy atom. The zero-order chi connectivity index (χ0) is 21.7. The average Bonchev–Trinajstić information content (AvgIpc) is 3.16. The predicted molar refractivity (Wildman–Crippen MR) is 103 cm³/mol. The number of hydrogen-bond donors (Lipinski definition) is 0. The number of carbonyl (C=O) groups excluding carboxylic acids is 3. The molecule has 0 aliphatic heterocycles. The van der Waals surface area contributed by atoms with Crippen molar-refractivity contribution in [1.82, 2.24) is 9.78 Å². The smallest absolute Gasteiger partial charge is 0.362 e. The first-order valence-corrected chi connectivity index (χ1v) is 8.59. The van der Waals surface area contributed by atoms with E-state index in [0.29, 0.717) is 0 Å². The van der Waals surface area contributed by atoms with Crippen LogP contribution in [0.15, 0.2) is 54.6 Å². The predicted octanol–water partition coefficient (Wildman–Crippen LogP) is 2.53. The molecule has 0 radical (unpaired) electrons. The monoisotopic (exact) mass is 409 g/mol. The molecule has 10 nitrogen and oxygen atoms in total. The van der Waals surface area contributed by atoms with Crippen molar-refractivity contribution in [2.45, 2.75) is 6.61 Å². The molecule has 10 heteroatoms. The standard InChI is InChI=1S/C20H15N3O7/c1-29-20(26)17-19(30-12-13-7-3-2-4-8-13)18(16(25)11-24)22(21-17)14-9-5-6-10-15(14)23(27)28/h2-11H,12H2,1H3. The van der Waals surface area contributed by atoms with Gasteiger partial charge < -0.3 is 9.47 Å². The molecular weight excluding hydrogens is 394 g/mol. The van der Waals surface area contributed by atoms with Gasteiger partial charge in [-0.25, -0.2) is 9.48 Å². The summed E-state index contributed by atoms with van der Waals surface area (Å²) in [6, 6.07) is 14.3. The molecule has 3 rings (SSSR count). The molecule has 0 saturated carbocycles. The summed E-state index contributed by atoms with van der Waals surface area (Å²) in [6.45, 7) is -0.0491. The number of rotatable bonds is 8. The molecule has 2 aromatic carbocycles. The third kappa shape index (κ3) is 3.92. The number of nitro groups is 1. The minimum absolute atomic E-state index is 0.0126. The average molecular weight is 409 g/mol. The van der Waals surface area contributed by atoms with Crippen LogP contribution in [-0.2, 0) is 16.1 Å². The van der Waals surface area contributed by atoms with Gasteiger partial charge in [-0.3, -0.25) is 19.7 Å². The minimum atomic E-state index is -1.07. The van der Waals surface area contributed by atoms with Crippen LogP contribution in [0.5, 0.6) is 5.75 Å². The lowest BCUT2D eigenvalue weighted by molar-refractivity contribution is -0.384. The first-order chi connectivity index (χ1) is 14.5. The number of nitrogens with zero attached hydrogens (tertiary/aromatic N) is 3. The van der Waals surface area contributed by atoms with Crippen LogP contribution < -0.4 is 4.74 Å². The van der Waals surface area contributed by atoms with E-state index < -0.39 is 28.1 Å². The maximum atomic E-state index is 12.4. The molecule has 0 saturated heterocycles. The van der Waals surface area contributed by atoms with Gasteiger partial charge in [-0.05, 0) is 11.6 Å². The van der Waals surface area contributed by atoms with Gasteiger partial charge in [-0.2, -0.15) is 5.10 Å². The molecule has 1 heterocycles. The van der Waals surface area contributed by atoms with Crippen LogP contribution in [0.2, 0.25) is 0 Å². The number of hydrogen-bond acceptors (Lipinski definition) is 8. The van der Waals surface area contributed by atoms with Crippen LogP contribution in [0.25, 0.3) is 5.69 Å². The van der Waals surface area contributed by atoms with E-state index in [4.69, 9.17) is 9.47 Å². The lowest BCUT2D eigenvalue weighted by atomic mass is 10.2. The van der Waals surface area contributed by atoms with Gasteiger partial charge in [0.1, 0.15) is 12.3 Å². The van der Waals surface area contributed by atoms with E-state index in [1.54, 1.807) is 30.3 Å². The highest BCUT2D eigenvalue weighted by Gasteiger charge is 2.32. The highest BCUT2D eigenvalue weighted by molar-refractivity contribution is 6.34. The van der Waals surface area contributed by atoms with Gasteiger partial charge in [-0.15, -0.1) is 0 Å². The second-order valence-corrected chi connectivity index (χ2v) is 5.93. The molecule has 0 bridgehead atoms. The highest BCUT2D eigenvalue weighted by Crippen LogP contribution is 2.31. The molecule has 0 amide bonds. The summed E-state index contributed by atoms with van der Waals surface area (Å²) >= 11 is 0. The lowest BCUT2D eigenvalue weighted by Gasteiger charge is -2.09. The Hall–Kier alpha value is -4.34. The summed E-state index contributed by atoms with van der Waals surface area (Å²) in [6.07, 6.45) is 0.0126. The van der Waals surface area contributed by atoms with Gasteiger partial charge in [0.25, 0.3) is 5.69 Å². The van der Waals surface area contributed by atoms with Gasteiger partial charge >= 0.3 is 5.97 Å². The van der Waals surface area contributed by atoms with Crippen LogP contribution in [0.1, 0.15) is 26.5 Å². The van der Waals surface area contributed by atoms with Crippen molar-refractivity contribution in [3.63, 3.8) is 0 Å². The topological polar surface area (TPSA) is 131 Å². The molecule has 0 fully saturated rings. The molecule has 3 aromatic rings. The van der Waals surface area contributed by atoms with Crippen LogP contribution in [0.3, 0.4) is 0 Å². The first kappa shape index (κ1) is 20.4. The third-order valence-corrected chi connectivity index (χ3v) is 4.09. The summed E-state index contributed by atoms with van der Waals surface area (Å²) in [5, 5.41) is 15.4. The maximum Gasteiger partial charge on any atom is 0.362 e.